The second-order valence-corrected chi connectivity index (χ2v) is 5.81. The molecule has 5 heteroatoms. The first kappa shape index (κ1) is 15.4. The van der Waals surface area contributed by atoms with E-state index in [4.69, 9.17) is 10.8 Å². The molecule has 1 rings (SSSR count). The van der Waals surface area contributed by atoms with Gasteiger partial charge in [0.05, 0.1) is 23.1 Å². The first-order chi connectivity index (χ1) is 8.75. The standard InChI is InChI=1S/C14H23N3O2/c1-9-11(7-10(15)8-16-9)13(19)17-12(5-6-18)14(2,3)4/h7-8,12,18H,5-6,15H2,1-4H3,(H,17,19). The van der Waals surface area contributed by atoms with Crippen LogP contribution in [0.15, 0.2) is 12.3 Å². The maximum atomic E-state index is 12.3. The summed E-state index contributed by atoms with van der Waals surface area (Å²) in [6, 6.07) is 1.52. The largest absolute Gasteiger partial charge is 0.397 e. The lowest BCUT2D eigenvalue weighted by molar-refractivity contribution is 0.0884. The van der Waals surface area contributed by atoms with Crippen LogP contribution in [0.25, 0.3) is 0 Å². The molecule has 0 aliphatic rings. The molecular formula is C14H23N3O2. The summed E-state index contributed by atoms with van der Waals surface area (Å²) in [4.78, 5) is 16.3. The van der Waals surface area contributed by atoms with Gasteiger partial charge >= 0.3 is 0 Å². The minimum atomic E-state index is -0.203. The van der Waals surface area contributed by atoms with Gasteiger partial charge < -0.3 is 16.2 Å². The molecule has 1 unspecified atom stereocenters. The number of aryl methyl sites for hydroxylation is 1. The van der Waals surface area contributed by atoms with Crippen molar-refractivity contribution < 1.29 is 9.90 Å². The third kappa shape index (κ3) is 4.21. The zero-order chi connectivity index (χ0) is 14.6. The SMILES string of the molecule is Cc1ncc(N)cc1C(=O)NC(CCO)C(C)(C)C. The lowest BCUT2D eigenvalue weighted by Crippen LogP contribution is -2.44. The summed E-state index contributed by atoms with van der Waals surface area (Å²) in [5, 5.41) is 12.0. The van der Waals surface area contributed by atoms with Gasteiger partial charge in [0.25, 0.3) is 5.91 Å². The predicted molar refractivity (Wildman–Crippen MR) is 75.8 cm³/mol. The molecule has 4 N–H and O–H groups in total. The molecule has 0 aromatic carbocycles. The Morgan fingerprint density at radius 3 is 2.68 bits per heavy atom. The number of nitrogen functional groups attached to an aromatic ring is 1. The number of aromatic nitrogens is 1. The fraction of sp³-hybridized carbons (Fsp3) is 0.571. The van der Waals surface area contributed by atoms with E-state index in [9.17, 15) is 4.79 Å². The average molecular weight is 265 g/mol. The van der Waals surface area contributed by atoms with E-state index in [-0.39, 0.29) is 24.0 Å². The van der Waals surface area contributed by atoms with Gasteiger partial charge in [-0.05, 0) is 24.8 Å². The molecule has 0 spiro atoms. The first-order valence-corrected chi connectivity index (χ1v) is 6.39. The number of nitrogens with zero attached hydrogens (tertiary/aromatic N) is 1. The Hall–Kier alpha value is -1.62. The number of anilines is 1. The van der Waals surface area contributed by atoms with Gasteiger partial charge in [0.1, 0.15) is 0 Å². The number of aliphatic hydroxyl groups excluding tert-OH is 1. The van der Waals surface area contributed by atoms with Gasteiger partial charge in [0, 0.05) is 12.6 Å². The Balaban J connectivity index is 2.91. The van der Waals surface area contributed by atoms with Crippen LogP contribution in [0.4, 0.5) is 5.69 Å². The van der Waals surface area contributed by atoms with Crippen molar-refractivity contribution in [2.45, 2.75) is 40.2 Å². The first-order valence-electron chi connectivity index (χ1n) is 6.39. The van der Waals surface area contributed by atoms with Crippen molar-refractivity contribution in [3.05, 3.63) is 23.5 Å². The summed E-state index contributed by atoms with van der Waals surface area (Å²) < 4.78 is 0. The van der Waals surface area contributed by atoms with Crippen molar-refractivity contribution >= 4 is 11.6 Å². The van der Waals surface area contributed by atoms with Crippen molar-refractivity contribution in [1.29, 1.82) is 0 Å². The van der Waals surface area contributed by atoms with E-state index in [0.29, 0.717) is 23.4 Å². The zero-order valence-electron chi connectivity index (χ0n) is 12.0. The van der Waals surface area contributed by atoms with Gasteiger partial charge in [-0.2, -0.15) is 0 Å². The van der Waals surface area contributed by atoms with Crippen LogP contribution in [0.5, 0.6) is 0 Å². The number of aliphatic hydroxyl groups is 1. The maximum absolute atomic E-state index is 12.3. The molecule has 5 nitrogen and oxygen atoms in total. The highest BCUT2D eigenvalue weighted by atomic mass is 16.3. The molecular weight excluding hydrogens is 242 g/mol. The molecule has 1 atom stereocenters. The molecule has 1 heterocycles. The predicted octanol–water partition coefficient (Wildman–Crippen LogP) is 1.50. The number of nitrogens with two attached hydrogens (primary N) is 1. The number of carbonyl (C=O) groups is 1. The Labute approximate surface area is 114 Å². The van der Waals surface area contributed by atoms with E-state index in [1.165, 1.54) is 6.20 Å². The van der Waals surface area contributed by atoms with Crippen molar-refractivity contribution in [2.75, 3.05) is 12.3 Å². The van der Waals surface area contributed by atoms with Crippen LogP contribution >= 0.6 is 0 Å². The highest BCUT2D eigenvalue weighted by molar-refractivity contribution is 5.96. The highest BCUT2D eigenvalue weighted by Crippen LogP contribution is 2.22. The van der Waals surface area contributed by atoms with Crippen molar-refractivity contribution in [2.24, 2.45) is 5.41 Å². The molecule has 0 saturated heterocycles. The van der Waals surface area contributed by atoms with Gasteiger partial charge in [0.15, 0.2) is 0 Å². The topological polar surface area (TPSA) is 88.2 Å². The van der Waals surface area contributed by atoms with Gasteiger partial charge in [0.2, 0.25) is 0 Å². The molecule has 0 aliphatic heterocycles. The van der Waals surface area contributed by atoms with E-state index in [1.807, 2.05) is 20.8 Å². The Kier molecular flexibility index (Phi) is 4.89. The lowest BCUT2D eigenvalue weighted by Gasteiger charge is -2.31. The summed E-state index contributed by atoms with van der Waals surface area (Å²) in [6.45, 7) is 7.89. The maximum Gasteiger partial charge on any atom is 0.253 e. The fourth-order valence-electron chi connectivity index (χ4n) is 1.87. The zero-order valence-corrected chi connectivity index (χ0v) is 12.0. The van der Waals surface area contributed by atoms with E-state index in [2.05, 4.69) is 10.3 Å². The molecule has 0 aliphatic carbocycles. The Morgan fingerprint density at radius 2 is 2.16 bits per heavy atom. The molecule has 19 heavy (non-hydrogen) atoms. The molecule has 0 bridgehead atoms. The number of amides is 1. The molecule has 0 radical (unpaired) electrons. The molecule has 106 valence electrons. The number of nitrogens with one attached hydrogen (secondary N) is 1. The monoisotopic (exact) mass is 265 g/mol. The Bertz CT molecular complexity index is 452. The summed E-state index contributed by atoms with van der Waals surface area (Å²) >= 11 is 0. The third-order valence-electron chi connectivity index (χ3n) is 3.12. The molecule has 1 aromatic rings. The molecule has 0 fully saturated rings. The van der Waals surface area contributed by atoms with Gasteiger partial charge in [-0.15, -0.1) is 0 Å². The summed E-state index contributed by atoms with van der Waals surface area (Å²) in [5.41, 5.74) is 7.12. The number of carbonyl (C=O) groups excluding carboxylic acids is 1. The van der Waals surface area contributed by atoms with E-state index in [1.54, 1.807) is 13.0 Å². The molecule has 0 saturated carbocycles. The molecule has 1 aromatic heterocycles. The highest BCUT2D eigenvalue weighted by Gasteiger charge is 2.26. The van der Waals surface area contributed by atoms with Crippen LogP contribution in [0.3, 0.4) is 0 Å². The second kappa shape index (κ2) is 6.02. The average Bonchev–Trinajstić information content (AvgIpc) is 2.30. The van der Waals surface area contributed by atoms with Crippen LogP contribution in [0.2, 0.25) is 0 Å². The molecule has 1 amide bonds. The van der Waals surface area contributed by atoms with Crippen LogP contribution in [0, 0.1) is 12.3 Å². The minimum absolute atomic E-state index is 0.0381. The summed E-state index contributed by atoms with van der Waals surface area (Å²) in [7, 11) is 0. The summed E-state index contributed by atoms with van der Waals surface area (Å²) in [5.74, 6) is -0.203. The van der Waals surface area contributed by atoms with Crippen LogP contribution < -0.4 is 11.1 Å². The van der Waals surface area contributed by atoms with Gasteiger partial charge in [-0.3, -0.25) is 9.78 Å². The number of pyridine rings is 1. The van der Waals surface area contributed by atoms with Crippen molar-refractivity contribution in [1.82, 2.24) is 10.3 Å². The number of hydrogen-bond acceptors (Lipinski definition) is 4. The Morgan fingerprint density at radius 1 is 1.53 bits per heavy atom. The van der Waals surface area contributed by atoms with E-state index < -0.39 is 0 Å². The smallest absolute Gasteiger partial charge is 0.253 e. The van der Waals surface area contributed by atoms with Crippen molar-refractivity contribution in [3.63, 3.8) is 0 Å². The van der Waals surface area contributed by atoms with Gasteiger partial charge in [-0.25, -0.2) is 0 Å². The van der Waals surface area contributed by atoms with Crippen LogP contribution in [-0.2, 0) is 0 Å². The van der Waals surface area contributed by atoms with E-state index >= 15 is 0 Å². The minimum Gasteiger partial charge on any atom is -0.397 e. The van der Waals surface area contributed by atoms with Crippen molar-refractivity contribution in [3.8, 4) is 0 Å². The number of hydrogen-bond donors (Lipinski definition) is 3. The third-order valence-corrected chi connectivity index (χ3v) is 3.12. The quantitative estimate of drug-likeness (QED) is 0.769. The van der Waals surface area contributed by atoms with Gasteiger partial charge in [-0.1, -0.05) is 20.8 Å². The van der Waals surface area contributed by atoms with E-state index in [0.717, 1.165) is 0 Å². The van der Waals surface area contributed by atoms with Crippen LogP contribution in [-0.4, -0.2) is 28.6 Å². The normalized spacial score (nSPS) is 13.1. The van der Waals surface area contributed by atoms with Crippen LogP contribution in [0.1, 0.15) is 43.2 Å². The second-order valence-electron chi connectivity index (χ2n) is 5.81. The number of rotatable bonds is 4. The fourth-order valence-corrected chi connectivity index (χ4v) is 1.87. The lowest BCUT2D eigenvalue weighted by atomic mass is 9.84. The summed E-state index contributed by atoms with van der Waals surface area (Å²) in [6.07, 6.45) is 2.05.